The quantitative estimate of drug-likeness (QED) is 0.348. The van der Waals surface area contributed by atoms with Crippen molar-refractivity contribution in [2.45, 2.75) is 30.4 Å². The minimum absolute atomic E-state index is 0.205. The molecule has 2 rings (SSSR count). The second kappa shape index (κ2) is 11.4. The van der Waals surface area contributed by atoms with Crippen molar-refractivity contribution >= 4 is 17.7 Å². The lowest BCUT2D eigenvalue weighted by atomic mass is 10.1. The van der Waals surface area contributed by atoms with Crippen LogP contribution in [0, 0.1) is 0 Å². The molecular formula is C21H29N3O2S. The number of para-hydroxylation sites is 1. The highest BCUT2D eigenvalue weighted by Crippen LogP contribution is 2.29. The summed E-state index contributed by atoms with van der Waals surface area (Å²) < 4.78 is 5.16. The molecule has 1 unspecified atom stereocenters. The summed E-state index contributed by atoms with van der Waals surface area (Å²) in [6.45, 7) is 6.43. The van der Waals surface area contributed by atoms with Gasteiger partial charge in [0.2, 0.25) is 0 Å². The van der Waals surface area contributed by atoms with Crippen LogP contribution in [0.3, 0.4) is 0 Å². The van der Waals surface area contributed by atoms with E-state index in [0.717, 1.165) is 24.6 Å². The van der Waals surface area contributed by atoms with Crippen molar-refractivity contribution in [3.05, 3.63) is 54.1 Å². The molecule has 27 heavy (non-hydrogen) atoms. The molecule has 0 bridgehead atoms. The summed E-state index contributed by atoms with van der Waals surface area (Å²) in [7, 11) is 1.56. The molecule has 3 N–H and O–H groups in total. The van der Waals surface area contributed by atoms with Gasteiger partial charge in [0.25, 0.3) is 0 Å². The fourth-order valence-corrected chi connectivity index (χ4v) is 3.51. The number of thioether (sulfide) groups is 1. The molecule has 146 valence electrons. The topological polar surface area (TPSA) is 65.9 Å². The number of aliphatic imine (C=N–C) groups is 1. The largest absolute Gasteiger partial charge is 0.504 e. The number of methoxy groups -OCH3 is 1. The van der Waals surface area contributed by atoms with E-state index in [4.69, 9.17) is 4.74 Å². The maximum absolute atomic E-state index is 10.2. The molecule has 0 aromatic heterocycles. The second-order valence-corrected chi connectivity index (χ2v) is 7.62. The summed E-state index contributed by atoms with van der Waals surface area (Å²) in [6, 6.07) is 15.9. The average molecular weight is 388 g/mol. The van der Waals surface area contributed by atoms with Crippen molar-refractivity contribution in [1.82, 2.24) is 10.6 Å². The summed E-state index contributed by atoms with van der Waals surface area (Å²) in [6.07, 6.45) is 0.682. The van der Waals surface area contributed by atoms with Gasteiger partial charge in [0.15, 0.2) is 17.5 Å². The molecule has 0 amide bonds. The van der Waals surface area contributed by atoms with E-state index < -0.39 is 0 Å². The molecule has 0 radical (unpaired) electrons. The van der Waals surface area contributed by atoms with E-state index >= 15 is 0 Å². The number of rotatable bonds is 9. The lowest BCUT2D eigenvalue weighted by Crippen LogP contribution is -2.38. The molecule has 0 fully saturated rings. The number of aromatic hydroxyl groups is 1. The van der Waals surface area contributed by atoms with E-state index in [-0.39, 0.29) is 5.75 Å². The molecular weight excluding hydrogens is 358 g/mol. The van der Waals surface area contributed by atoms with E-state index in [1.54, 1.807) is 13.2 Å². The van der Waals surface area contributed by atoms with Gasteiger partial charge in [-0.25, -0.2) is 0 Å². The number of hydrogen-bond donors (Lipinski definition) is 3. The Kier molecular flexibility index (Phi) is 8.84. The molecule has 2 aromatic carbocycles. The van der Waals surface area contributed by atoms with Crippen LogP contribution >= 0.6 is 11.8 Å². The number of nitrogens with one attached hydrogen (secondary N) is 2. The Balaban J connectivity index is 1.86. The van der Waals surface area contributed by atoms with Gasteiger partial charge in [-0.3, -0.25) is 4.99 Å². The van der Waals surface area contributed by atoms with Gasteiger partial charge in [0.05, 0.1) is 13.7 Å². The first-order valence-corrected chi connectivity index (χ1v) is 10.1. The molecule has 5 nitrogen and oxygen atoms in total. The Bertz CT molecular complexity index is 723. The first kappa shape index (κ1) is 21.0. The number of benzene rings is 2. The van der Waals surface area contributed by atoms with Crippen molar-refractivity contribution in [2.24, 2.45) is 4.99 Å². The van der Waals surface area contributed by atoms with E-state index in [0.29, 0.717) is 24.0 Å². The van der Waals surface area contributed by atoms with E-state index in [1.165, 1.54) is 4.90 Å². The van der Waals surface area contributed by atoms with Gasteiger partial charge in [0.1, 0.15) is 0 Å². The first-order valence-electron chi connectivity index (χ1n) is 9.22. The summed E-state index contributed by atoms with van der Waals surface area (Å²) in [5, 5.41) is 17.2. The summed E-state index contributed by atoms with van der Waals surface area (Å²) in [5.41, 5.74) is 0.852. The molecule has 0 spiro atoms. The number of ether oxygens (including phenoxy) is 1. The van der Waals surface area contributed by atoms with Crippen LogP contribution in [0.15, 0.2) is 58.4 Å². The molecule has 0 aliphatic rings. The smallest absolute Gasteiger partial charge is 0.191 e. The minimum Gasteiger partial charge on any atom is -0.504 e. The SMILES string of the molecule is CCNC(=NCC(C)Sc1ccccc1)NCCc1cccc(OC)c1O. The standard InChI is InChI=1S/C21H29N3O2S/c1-4-22-21(24-15-16(2)27-18-10-6-5-7-11-18)23-14-13-17-9-8-12-19(26-3)20(17)25/h5-12,16,25H,4,13-15H2,1-3H3,(H2,22,23,24). The van der Waals surface area contributed by atoms with Gasteiger partial charge in [-0.05, 0) is 37.1 Å². The van der Waals surface area contributed by atoms with Crippen molar-refractivity contribution < 1.29 is 9.84 Å². The molecule has 0 aliphatic heterocycles. The fourth-order valence-electron chi connectivity index (χ4n) is 2.58. The van der Waals surface area contributed by atoms with Gasteiger partial charge in [-0.15, -0.1) is 11.8 Å². The molecule has 0 heterocycles. The molecule has 1 atom stereocenters. The number of phenols is 1. The highest BCUT2D eigenvalue weighted by Gasteiger charge is 2.08. The van der Waals surface area contributed by atoms with Crippen LogP contribution in [-0.4, -0.2) is 43.1 Å². The maximum Gasteiger partial charge on any atom is 0.191 e. The normalized spacial score (nSPS) is 12.5. The lowest BCUT2D eigenvalue weighted by Gasteiger charge is -2.14. The Morgan fingerprint density at radius 2 is 1.93 bits per heavy atom. The number of phenolic OH excluding ortho intramolecular Hbond substituents is 1. The molecule has 6 heteroatoms. The third-order valence-electron chi connectivity index (χ3n) is 3.92. The van der Waals surface area contributed by atoms with Gasteiger partial charge >= 0.3 is 0 Å². The van der Waals surface area contributed by atoms with Gasteiger partial charge in [-0.2, -0.15) is 0 Å². The van der Waals surface area contributed by atoms with Crippen LogP contribution in [0.1, 0.15) is 19.4 Å². The van der Waals surface area contributed by atoms with E-state index in [9.17, 15) is 5.11 Å². The predicted octanol–water partition coefficient (Wildman–Crippen LogP) is 3.68. The lowest BCUT2D eigenvalue weighted by molar-refractivity contribution is 0.370. The van der Waals surface area contributed by atoms with E-state index in [2.05, 4.69) is 46.8 Å². The number of nitrogens with zero attached hydrogens (tertiary/aromatic N) is 1. The average Bonchev–Trinajstić information content (AvgIpc) is 2.68. The van der Waals surface area contributed by atoms with Crippen LogP contribution in [0.5, 0.6) is 11.5 Å². The fraction of sp³-hybridized carbons (Fsp3) is 0.381. The van der Waals surface area contributed by atoms with Crippen LogP contribution in [0.25, 0.3) is 0 Å². The Labute approximate surface area is 166 Å². The minimum atomic E-state index is 0.205. The van der Waals surface area contributed by atoms with Crippen molar-refractivity contribution in [2.75, 3.05) is 26.7 Å². The third-order valence-corrected chi connectivity index (χ3v) is 5.02. The highest BCUT2D eigenvalue weighted by atomic mass is 32.2. The van der Waals surface area contributed by atoms with E-state index in [1.807, 2.05) is 36.9 Å². The zero-order valence-corrected chi connectivity index (χ0v) is 17.1. The summed E-state index contributed by atoms with van der Waals surface area (Å²) in [4.78, 5) is 5.94. The monoisotopic (exact) mass is 387 g/mol. The van der Waals surface area contributed by atoms with Crippen LogP contribution in [0.2, 0.25) is 0 Å². The second-order valence-electron chi connectivity index (χ2n) is 6.11. The zero-order chi connectivity index (χ0) is 19.5. The molecule has 2 aromatic rings. The Hall–Kier alpha value is -2.34. The predicted molar refractivity (Wildman–Crippen MR) is 114 cm³/mol. The Morgan fingerprint density at radius 1 is 1.15 bits per heavy atom. The highest BCUT2D eigenvalue weighted by molar-refractivity contribution is 8.00. The maximum atomic E-state index is 10.2. The molecule has 0 saturated heterocycles. The number of guanidine groups is 1. The first-order chi connectivity index (χ1) is 13.1. The van der Waals surface area contributed by atoms with Crippen LogP contribution in [0.4, 0.5) is 0 Å². The van der Waals surface area contributed by atoms with Crippen molar-refractivity contribution in [1.29, 1.82) is 0 Å². The van der Waals surface area contributed by atoms with Crippen molar-refractivity contribution in [3.8, 4) is 11.5 Å². The van der Waals surface area contributed by atoms with Gasteiger partial charge in [0, 0.05) is 23.2 Å². The Morgan fingerprint density at radius 3 is 2.63 bits per heavy atom. The van der Waals surface area contributed by atoms with Gasteiger partial charge < -0.3 is 20.5 Å². The molecule has 0 saturated carbocycles. The number of hydrogen-bond acceptors (Lipinski definition) is 4. The van der Waals surface area contributed by atoms with Crippen LogP contribution in [-0.2, 0) is 6.42 Å². The third kappa shape index (κ3) is 7.06. The van der Waals surface area contributed by atoms with Gasteiger partial charge in [-0.1, -0.05) is 37.3 Å². The summed E-state index contributed by atoms with van der Waals surface area (Å²) in [5.74, 6) is 1.50. The zero-order valence-electron chi connectivity index (χ0n) is 16.2. The van der Waals surface area contributed by atoms with Crippen molar-refractivity contribution in [3.63, 3.8) is 0 Å². The summed E-state index contributed by atoms with van der Waals surface area (Å²) >= 11 is 1.82. The molecule has 0 aliphatic carbocycles. The van der Waals surface area contributed by atoms with Crippen LogP contribution < -0.4 is 15.4 Å².